The van der Waals surface area contributed by atoms with Crippen molar-refractivity contribution in [2.75, 3.05) is 14.2 Å². The van der Waals surface area contributed by atoms with Crippen LogP contribution in [0.5, 0.6) is 0 Å². The molecule has 0 aromatic heterocycles. The van der Waals surface area contributed by atoms with Gasteiger partial charge in [-0.3, -0.25) is 4.79 Å². The molecule has 0 aromatic carbocycles. The van der Waals surface area contributed by atoms with E-state index in [9.17, 15) is 4.79 Å². The van der Waals surface area contributed by atoms with Crippen LogP contribution in [0.2, 0.25) is 0 Å². The molecule has 0 saturated carbocycles. The van der Waals surface area contributed by atoms with E-state index in [1.54, 1.807) is 7.11 Å². The fraction of sp³-hybridized carbons (Fsp3) is 0.625. The summed E-state index contributed by atoms with van der Waals surface area (Å²) in [5.74, 6) is -0.255. The molecule has 1 unspecified atom stereocenters. The van der Waals surface area contributed by atoms with Crippen LogP contribution in [0.3, 0.4) is 0 Å². The minimum Gasteiger partial charge on any atom is -0.469 e. The Bertz CT molecular complexity index is 140. The van der Waals surface area contributed by atoms with Crippen LogP contribution in [-0.4, -0.2) is 26.3 Å². The van der Waals surface area contributed by atoms with Gasteiger partial charge in [-0.1, -0.05) is 12.2 Å². The van der Waals surface area contributed by atoms with Crippen molar-refractivity contribution >= 4 is 5.97 Å². The van der Waals surface area contributed by atoms with Gasteiger partial charge in [-0.25, -0.2) is 0 Å². The van der Waals surface area contributed by atoms with Gasteiger partial charge in [-0.05, 0) is 6.92 Å². The molecule has 0 fully saturated rings. The third-order valence-corrected chi connectivity index (χ3v) is 1.31. The van der Waals surface area contributed by atoms with E-state index in [0.29, 0.717) is 0 Å². The van der Waals surface area contributed by atoms with Crippen LogP contribution >= 0.6 is 0 Å². The Morgan fingerprint density at radius 1 is 1.55 bits per heavy atom. The third-order valence-electron chi connectivity index (χ3n) is 1.31. The lowest BCUT2D eigenvalue weighted by Gasteiger charge is -2.07. The van der Waals surface area contributed by atoms with Gasteiger partial charge in [0.2, 0.25) is 0 Å². The maximum absolute atomic E-state index is 10.7. The summed E-state index contributed by atoms with van der Waals surface area (Å²) in [5.41, 5.74) is 0. The molecular formula is C8H14O3. The molecule has 0 spiro atoms. The summed E-state index contributed by atoms with van der Waals surface area (Å²) in [4.78, 5) is 10.7. The normalized spacial score (nSPS) is 13.4. The maximum atomic E-state index is 10.7. The molecule has 0 heterocycles. The molecule has 0 N–H and O–H groups in total. The van der Waals surface area contributed by atoms with Gasteiger partial charge >= 0.3 is 5.97 Å². The van der Waals surface area contributed by atoms with Crippen molar-refractivity contribution in [3.8, 4) is 0 Å². The van der Waals surface area contributed by atoms with Crippen LogP contribution in [0.25, 0.3) is 0 Å². The number of rotatable bonds is 4. The number of esters is 1. The quantitative estimate of drug-likeness (QED) is 0.454. The smallest absolute Gasteiger partial charge is 0.308 e. The molecule has 11 heavy (non-hydrogen) atoms. The molecule has 3 heteroatoms. The van der Waals surface area contributed by atoms with Gasteiger partial charge in [-0.2, -0.15) is 0 Å². The van der Waals surface area contributed by atoms with Crippen molar-refractivity contribution in [3.63, 3.8) is 0 Å². The SMILES string of the molecule is CC=CC(CC(=O)OC)OC. The second-order valence-corrected chi connectivity index (χ2v) is 2.08. The van der Waals surface area contributed by atoms with E-state index >= 15 is 0 Å². The van der Waals surface area contributed by atoms with Gasteiger partial charge in [0.25, 0.3) is 0 Å². The Kier molecular flexibility index (Phi) is 5.47. The lowest BCUT2D eigenvalue weighted by molar-refractivity contribution is -0.142. The minimum absolute atomic E-state index is 0.160. The zero-order valence-electron chi connectivity index (χ0n) is 7.16. The number of ether oxygens (including phenoxy) is 2. The summed E-state index contributed by atoms with van der Waals surface area (Å²) in [6.07, 6.45) is 3.78. The first kappa shape index (κ1) is 10.2. The maximum Gasteiger partial charge on any atom is 0.308 e. The highest BCUT2D eigenvalue weighted by atomic mass is 16.5. The van der Waals surface area contributed by atoms with Crippen molar-refractivity contribution < 1.29 is 14.3 Å². The fourth-order valence-electron chi connectivity index (χ4n) is 0.692. The summed E-state index contributed by atoms with van der Waals surface area (Å²) in [6, 6.07) is 0. The second kappa shape index (κ2) is 5.92. The topological polar surface area (TPSA) is 35.5 Å². The van der Waals surface area contributed by atoms with Crippen LogP contribution in [0, 0.1) is 0 Å². The summed E-state index contributed by atoms with van der Waals surface area (Å²) >= 11 is 0. The number of carbonyl (C=O) groups is 1. The summed E-state index contributed by atoms with van der Waals surface area (Å²) < 4.78 is 9.45. The van der Waals surface area contributed by atoms with E-state index in [1.165, 1.54) is 7.11 Å². The highest BCUT2D eigenvalue weighted by Gasteiger charge is 2.08. The first-order valence-electron chi connectivity index (χ1n) is 3.47. The monoisotopic (exact) mass is 158 g/mol. The van der Waals surface area contributed by atoms with Crippen LogP contribution in [-0.2, 0) is 14.3 Å². The standard InChI is InChI=1S/C8H14O3/c1-4-5-7(10-2)6-8(9)11-3/h4-5,7H,6H2,1-3H3. The van der Waals surface area contributed by atoms with E-state index in [4.69, 9.17) is 4.74 Å². The molecular weight excluding hydrogens is 144 g/mol. The fourth-order valence-corrected chi connectivity index (χ4v) is 0.692. The van der Waals surface area contributed by atoms with E-state index in [2.05, 4.69) is 4.74 Å². The van der Waals surface area contributed by atoms with Crippen molar-refractivity contribution in [3.05, 3.63) is 12.2 Å². The number of allylic oxidation sites excluding steroid dienone is 1. The Hall–Kier alpha value is -0.830. The van der Waals surface area contributed by atoms with Crippen molar-refractivity contribution in [1.29, 1.82) is 0 Å². The predicted molar refractivity (Wildman–Crippen MR) is 42.2 cm³/mol. The van der Waals surface area contributed by atoms with Gasteiger partial charge in [-0.15, -0.1) is 0 Å². The molecule has 0 aromatic rings. The minimum atomic E-state index is -0.255. The summed E-state index contributed by atoms with van der Waals surface area (Å²) in [5, 5.41) is 0. The number of carbonyl (C=O) groups excluding carboxylic acids is 1. The molecule has 3 nitrogen and oxygen atoms in total. The zero-order valence-corrected chi connectivity index (χ0v) is 7.16. The van der Waals surface area contributed by atoms with Crippen LogP contribution < -0.4 is 0 Å². The molecule has 0 saturated heterocycles. The van der Waals surface area contributed by atoms with E-state index in [0.717, 1.165) is 0 Å². The summed E-state index contributed by atoms with van der Waals surface area (Å²) in [7, 11) is 2.93. The van der Waals surface area contributed by atoms with Gasteiger partial charge < -0.3 is 9.47 Å². The number of hydrogen-bond acceptors (Lipinski definition) is 3. The van der Waals surface area contributed by atoms with Gasteiger partial charge in [0.05, 0.1) is 19.6 Å². The number of hydrogen-bond donors (Lipinski definition) is 0. The van der Waals surface area contributed by atoms with E-state index in [1.807, 2.05) is 19.1 Å². The molecule has 64 valence electrons. The zero-order chi connectivity index (χ0) is 8.69. The van der Waals surface area contributed by atoms with Gasteiger partial charge in [0.15, 0.2) is 0 Å². The third kappa shape index (κ3) is 4.56. The average Bonchev–Trinajstić information content (AvgIpc) is 2.03. The van der Waals surface area contributed by atoms with Crippen molar-refractivity contribution in [1.82, 2.24) is 0 Å². The highest BCUT2D eigenvalue weighted by Crippen LogP contribution is 2.00. The lowest BCUT2D eigenvalue weighted by atomic mass is 10.2. The van der Waals surface area contributed by atoms with Crippen LogP contribution in [0.15, 0.2) is 12.2 Å². The Balaban J connectivity index is 3.77. The van der Waals surface area contributed by atoms with Crippen molar-refractivity contribution in [2.24, 2.45) is 0 Å². The molecule has 0 rings (SSSR count). The predicted octanol–water partition coefficient (Wildman–Crippen LogP) is 1.14. The summed E-state index contributed by atoms with van der Waals surface area (Å²) in [6.45, 7) is 1.88. The van der Waals surface area contributed by atoms with Gasteiger partial charge in [0.1, 0.15) is 0 Å². The largest absolute Gasteiger partial charge is 0.469 e. The highest BCUT2D eigenvalue weighted by molar-refractivity contribution is 5.70. The molecule has 0 amide bonds. The first-order valence-corrected chi connectivity index (χ1v) is 3.47. The molecule has 0 radical (unpaired) electrons. The van der Waals surface area contributed by atoms with E-state index < -0.39 is 0 Å². The Morgan fingerprint density at radius 2 is 2.18 bits per heavy atom. The lowest BCUT2D eigenvalue weighted by Crippen LogP contribution is -2.14. The Labute approximate surface area is 67.0 Å². The van der Waals surface area contributed by atoms with E-state index in [-0.39, 0.29) is 18.5 Å². The molecule has 0 bridgehead atoms. The number of methoxy groups -OCH3 is 2. The Morgan fingerprint density at radius 3 is 2.55 bits per heavy atom. The van der Waals surface area contributed by atoms with Crippen LogP contribution in [0.1, 0.15) is 13.3 Å². The first-order chi connectivity index (χ1) is 5.24. The molecule has 0 aliphatic rings. The molecule has 0 aliphatic carbocycles. The second-order valence-electron chi connectivity index (χ2n) is 2.08. The molecule has 1 atom stereocenters. The van der Waals surface area contributed by atoms with Crippen molar-refractivity contribution in [2.45, 2.75) is 19.4 Å². The van der Waals surface area contributed by atoms with Crippen LogP contribution in [0.4, 0.5) is 0 Å². The molecule has 0 aliphatic heterocycles. The average molecular weight is 158 g/mol. The van der Waals surface area contributed by atoms with Gasteiger partial charge in [0, 0.05) is 7.11 Å².